The number of ether oxygens (including phenoxy) is 2. The van der Waals surface area contributed by atoms with E-state index in [-0.39, 0.29) is 12.1 Å². The SMILES string of the molecule is COC(=O)C1(c2ccnc(SC)n2)CCC(OC)CC1. The van der Waals surface area contributed by atoms with E-state index in [9.17, 15) is 4.79 Å². The van der Waals surface area contributed by atoms with Gasteiger partial charge in [-0.1, -0.05) is 11.8 Å². The van der Waals surface area contributed by atoms with Gasteiger partial charge >= 0.3 is 5.97 Å². The molecule has 1 aliphatic carbocycles. The summed E-state index contributed by atoms with van der Waals surface area (Å²) in [5.41, 5.74) is 0.107. The third-order valence-electron chi connectivity index (χ3n) is 4.00. The molecule has 1 aromatic rings. The van der Waals surface area contributed by atoms with Crippen molar-refractivity contribution in [3.8, 4) is 0 Å². The number of carbonyl (C=O) groups excluding carboxylic acids is 1. The molecular formula is C14H20N2O3S. The molecule has 1 aromatic heterocycles. The molecule has 1 aliphatic rings. The molecule has 1 heterocycles. The van der Waals surface area contributed by atoms with Crippen molar-refractivity contribution < 1.29 is 14.3 Å². The summed E-state index contributed by atoms with van der Waals surface area (Å²) in [6.45, 7) is 0. The summed E-state index contributed by atoms with van der Waals surface area (Å²) in [6, 6.07) is 1.82. The van der Waals surface area contributed by atoms with Gasteiger partial charge in [-0.2, -0.15) is 0 Å². The van der Waals surface area contributed by atoms with Crippen molar-refractivity contribution in [1.29, 1.82) is 0 Å². The molecule has 1 saturated carbocycles. The lowest BCUT2D eigenvalue weighted by Gasteiger charge is -2.36. The number of nitrogens with zero attached hydrogens (tertiary/aromatic N) is 2. The van der Waals surface area contributed by atoms with Crippen LogP contribution in [0.1, 0.15) is 31.4 Å². The quantitative estimate of drug-likeness (QED) is 0.482. The molecule has 0 unspecified atom stereocenters. The van der Waals surface area contributed by atoms with Gasteiger partial charge in [0.05, 0.1) is 18.9 Å². The van der Waals surface area contributed by atoms with Crippen molar-refractivity contribution in [2.24, 2.45) is 0 Å². The van der Waals surface area contributed by atoms with Crippen LogP contribution in [0.2, 0.25) is 0 Å². The molecule has 0 N–H and O–H groups in total. The van der Waals surface area contributed by atoms with Crippen LogP contribution in [0.4, 0.5) is 0 Å². The third kappa shape index (κ3) is 2.81. The van der Waals surface area contributed by atoms with Crippen LogP contribution in [0.25, 0.3) is 0 Å². The summed E-state index contributed by atoms with van der Waals surface area (Å²) in [4.78, 5) is 21.0. The Balaban J connectivity index is 2.35. The number of hydrogen-bond acceptors (Lipinski definition) is 6. The van der Waals surface area contributed by atoms with Crippen molar-refractivity contribution >= 4 is 17.7 Å². The maximum atomic E-state index is 12.4. The number of esters is 1. The minimum atomic E-state index is -0.656. The number of aromatic nitrogens is 2. The predicted molar refractivity (Wildman–Crippen MR) is 76.8 cm³/mol. The van der Waals surface area contributed by atoms with E-state index in [2.05, 4.69) is 9.97 Å². The molecule has 20 heavy (non-hydrogen) atoms. The average Bonchev–Trinajstić information content (AvgIpc) is 2.54. The van der Waals surface area contributed by atoms with E-state index in [1.807, 2.05) is 12.3 Å². The van der Waals surface area contributed by atoms with Crippen LogP contribution in [0.3, 0.4) is 0 Å². The highest BCUT2D eigenvalue weighted by molar-refractivity contribution is 7.98. The van der Waals surface area contributed by atoms with E-state index in [4.69, 9.17) is 9.47 Å². The van der Waals surface area contributed by atoms with Gasteiger partial charge in [0, 0.05) is 13.3 Å². The Bertz CT molecular complexity index is 473. The lowest BCUT2D eigenvalue weighted by molar-refractivity contribution is -0.150. The van der Waals surface area contributed by atoms with E-state index in [0.717, 1.165) is 18.5 Å². The second-order valence-electron chi connectivity index (χ2n) is 4.94. The maximum Gasteiger partial charge on any atom is 0.317 e. The van der Waals surface area contributed by atoms with Crippen molar-refractivity contribution in [2.45, 2.75) is 42.4 Å². The van der Waals surface area contributed by atoms with E-state index >= 15 is 0 Å². The Labute approximate surface area is 123 Å². The molecule has 0 aromatic carbocycles. The van der Waals surface area contributed by atoms with Crippen molar-refractivity contribution in [2.75, 3.05) is 20.5 Å². The Morgan fingerprint density at radius 1 is 1.40 bits per heavy atom. The lowest BCUT2D eigenvalue weighted by atomic mass is 9.70. The van der Waals surface area contributed by atoms with Crippen LogP contribution in [0.15, 0.2) is 17.4 Å². The zero-order valence-electron chi connectivity index (χ0n) is 12.1. The second-order valence-corrected chi connectivity index (χ2v) is 5.71. The Morgan fingerprint density at radius 3 is 2.65 bits per heavy atom. The zero-order valence-corrected chi connectivity index (χ0v) is 12.9. The summed E-state index contributed by atoms with van der Waals surface area (Å²) >= 11 is 1.47. The lowest BCUT2D eigenvalue weighted by Crippen LogP contribution is -2.42. The van der Waals surface area contributed by atoms with E-state index in [1.165, 1.54) is 18.9 Å². The average molecular weight is 296 g/mol. The van der Waals surface area contributed by atoms with Gasteiger partial charge < -0.3 is 9.47 Å². The number of carbonyl (C=O) groups is 1. The summed E-state index contributed by atoms with van der Waals surface area (Å²) in [6.07, 6.45) is 6.92. The Hall–Kier alpha value is -1.14. The second kappa shape index (κ2) is 6.54. The molecule has 2 rings (SSSR count). The normalized spacial score (nSPS) is 26.2. The van der Waals surface area contributed by atoms with Crippen molar-refractivity contribution in [3.63, 3.8) is 0 Å². The molecule has 0 radical (unpaired) electrons. The Kier molecular flexibility index (Phi) is 4.99. The van der Waals surface area contributed by atoms with E-state index in [1.54, 1.807) is 13.3 Å². The maximum absolute atomic E-state index is 12.4. The van der Waals surface area contributed by atoms with Crippen LogP contribution < -0.4 is 0 Å². The molecule has 110 valence electrons. The van der Waals surface area contributed by atoms with Gasteiger partial charge in [-0.25, -0.2) is 9.97 Å². The summed E-state index contributed by atoms with van der Waals surface area (Å²) in [7, 11) is 3.15. The first-order valence-corrected chi connectivity index (χ1v) is 7.87. The zero-order chi connectivity index (χ0) is 14.6. The topological polar surface area (TPSA) is 61.3 Å². The minimum absolute atomic E-state index is 0.210. The molecular weight excluding hydrogens is 276 g/mol. The van der Waals surface area contributed by atoms with Crippen LogP contribution in [-0.4, -0.2) is 42.5 Å². The molecule has 0 amide bonds. The summed E-state index contributed by atoms with van der Waals surface area (Å²) in [5.74, 6) is -0.210. The summed E-state index contributed by atoms with van der Waals surface area (Å²) < 4.78 is 10.4. The number of hydrogen-bond donors (Lipinski definition) is 0. The highest BCUT2D eigenvalue weighted by Gasteiger charge is 2.45. The van der Waals surface area contributed by atoms with E-state index in [0.29, 0.717) is 18.0 Å². The first kappa shape index (κ1) is 15.3. The standard InChI is InChI=1S/C14H20N2O3S/c1-18-10-4-7-14(8-5-10,12(17)19-2)11-6-9-15-13(16-11)20-3/h6,9-10H,4-5,7-8H2,1-3H3. The Morgan fingerprint density at radius 2 is 2.10 bits per heavy atom. The van der Waals surface area contributed by atoms with Crippen LogP contribution >= 0.6 is 11.8 Å². The molecule has 5 nitrogen and oxygen atoms in total. The molecule has 0 aliphatic heterocycles. The molecule has 0 bridgehead atoms. The van der Waals surface area contributed by atoms with Gasteiger partial charge in [-0.05, 0) is 38.0 Å². The molecule has 6 heteroatoms. The first-order chi connectivity index (χ1) is 9.66. The van der Waals surface area contributed by atoms with Crippen molar-refractivity contribution in [1.82, 2.24) is 9.97 Å². The summed E-state index contributed by atoms with van der Waals surface area (Å²) in [5, 5.41) is 0.680. The van der Waals surface area contributed by atoms with Gasteiger partial charge in [0.15, 0.2) is 5.16 Å². The first-order valence-electron chi connectivity index (χ1n) is 6.65. The fourth-order valence-electron chi connectivity index (χ4n) is 2.79. The number of thioether (sulfide) groups is 1. The highest BCUT2D eigenvalue weighted by atomic mass is 32.2. The van der Waals surface area contributed by atoms with Crippen molar-refractivity contribution in [3.05, 3.63) is 18.0 Å². The third-order valence-corrected chi connectivity index (χ3v) is 4.56. The smallest absolute Gasteiger partial charge is 0.317 e. The molecule has 0 spiro atoms. The van der Waals surface area contributed by atoms with Gasteiger partial charge in [-0.3, -0.25) is 4.79 Å². The monoisotopic (exact) mass is 296 g/mol. The number of methoxy groups -OCH3 is 2. The molecule has 0 saturated heterocycles. The van der Waals surface area contributed by atoms with Crippen LogP contribution in [0.5, 0.6) is 0 Å². The van der Waals surface area contributed by atoms with Gasteiger partial charge in [0.25, 0.3) is 0 Å². The van der Waals surface area contributed by atoms with Crippen LogP contribution in [-0.2, 0) is 19.7 Å². The fraction of sp³-hybridized carbons (Fsp3) is 0.643. The largest absolute Gasteiger partial charge is 0.468 e. The highest BCUT2D eigenvalue weighted by Crippen LogP contribution is 2.40. The van der Waals surface area contributed by atoms with Gasteiger partial charge in [0.1, 0.15) is 5.41 Å². The molecule has 1 fully saturated rings. The fourth-order valence-corrected chi connectivity index (χ4v) is 3.14. The number of rotatable bonds is 4. The molecule has 0 atom stereocenters. The minimum Gasteiger partial charge on any atom is -0.468 e. The van der Waals surface area contributed by atoms with E-state index < -0.39 is 5.41 Å². The van der Waals surface area contributed by atoms with Crippen LogP contribution in [0, 0.1) is 0 Å². The van der Waals surface area contributed by atoms with Gasteiger partial charge in [0.2, 0.25) is 0 Å². The van der Waals surface area contributed by atoms with Gasteiger partial charge in [-0.15, -0.1) is 0 Å². The predicted octanol–water partition coefficient (Wildman–Crippen LogP) is 2.20.